The number of amides is 2. The first-order valence-electron chi connectivity index (χ1n) is 11.6. The molecule has 0 spiro atoms. The first kappa shape index (κ1) is 24.1. The van der Waals surface area contributed by atoms with Crippen LogP contribution in [0.2, 0.25) is 0 Å². The van der Waals surface area contributed by atoms with E-state index >= 15 is 0 Å². The van der Waals surface area contributed by atoms with Crippen molar-refractivity contribution in [3.63, 3.8) is 0 Å². The van der Waals surface area contributed by atoms with E-state index in [1.165, 1.54) is 25.1 Å². The molecule has 2 saturated heterocycles. The van der Waals surface area contributed by atoms with Gasteiger partial charge in [0.2, 0.25) is 0 Å². The Bertz CT molecular complexity index is 1020. The van der Waals surface area contributed by atoms with Crippen LogP contribution < -0.4 is 10.2 Å². The van der Waals surface area contributed by atoms with Gasteiger partial charge in [0.05, 0.1) is 24.9 Å². The molecular formula is C25H30F2N4O3. The van der Waals surface area contributed by atoms with Crippen molar-refractivity contribution in [3.8, 4) is 0 Å². The summed E-state index contributed by atoms with van der Waals surface area (Å²) in [4.78, 5) is 30.1. The fourth-order valence-electron chi connectivity index (χ4n) is 4.49. The molecule has 182 valence electrons. The van der Waals surface area contributed by atoms with Crippen LogP contribution in [-0.2, 0) is 4.74 Å². The van der Waals surface area contributed by atoms with E-state index in [0.29, 0.717) is 70.3 Å². The molecule has 1 unspecified atom stereocenters. The summed E-state index contributed by atoms with van der Waals surface area (Å²) >= 11 is 0. The Morgan fingerprint density at radius 2 is 1.74 bits per heavy atom. The van der Waals surface area contributed by atoms with Gasteiger partial charge in [0.1, 0.15) is 11.6 Å². The van der Waals surface area contributed by atoms with Gasteiger partial charge in [-0.2, -0.15) is 0 Å². The van der Waals surface area contributed by atoms with Gasteiger partial charge in [-0.3, -0.25) is 9.69 Å². The largest absolute Gasteiger partial charge is 0.379 e. The summed E-state index contributed by atoms with van der Waals surface area (Å²) in [7, 11) is 0. The average molecular weight is 473 g/mol. The van der Waals surface area contributed by atoms with E-state index in [1.807, 2.05) is 11.0 Å². The number of rotatable bonds is 6. The highest BCUT2D eigenvalue weighted by atomic mass is 19.1. The molecule has 2 aliphatic heterocycles. The molecule has 7 nitrogen and oxygen atoms in total. The maximum Gasteiger partial charge on any atom is 0.317 e. The maximum absolute atomic E-state index is 14.5. The van der Waals surface area contributed by atoms with Crippen molar-refractivity contribution in [1.82, 2.24) is 15.1 Å². The van der Waals surface area contributed by atoms with E-state index in [2.05, 4.69) is 10.2 Å². The van der Waals surface area contributed by atoms with Gasteiger partial charge in [-0.25, -0.2) is 13.6 Å². The van der Waals surface area contributed by atoms with Crippen LogP contribution in [0.15, 0.2) is 42.5 Å². The summed E-state index contributed by atoms with van der Waals surface area (Å²) in [6.07, 6.45) is 0. The lowest BCUT2D eigenvalue weighted by atomic mass is 10.0. The highest BCUT2D eigenvalue weighted by Gasteiger charge is 2.26. The predicted molar refractivity (Wildman–Crippen MR) is 125 cm³/mol. The monoisotopic (exact) mass is 472 g/mol. The van der Waals surface area contributed by atoms with Gasteiger partial charge < -0.3 is 19.9 Å². The third-order valence-corrected chi connectivity index (χ3v) is 6.43. The molecule has 2 heterocycles. The lowest BCUT2D eigenvalue weighted by Crippen LogP contribution is -2.53. The Labute approximate surface area is 198 Å². The van der Waals surface area contributed by atoms with E-state index in [1.54, 1.807) is 23.1 Å². The number of ketones is 1. The van der Waals surface area contributed by atoms with Crippen LogP contribution in [0.5, 0.6) is 0 Å². The van der Waals surface area contributed by atoms with Crippen LogP contribution in [0.4, 0.5) is 19.3 Å². The van der Waals surface area contributed by atoms with Gasteiger partial charge in [0, 0.05) is 51.4 Å². The molecule has 2 aromatic rings. The van der Waals surface area contributed by atoms with Crippen molar-refractivity contribution < 1.29 is 23.1 Å². The number of ether oxygens (including phenoxy) is 1. The predicted octanol–water partition coefficient (Wildman–Crippen LogP) is 3.07. The van der Waals surface area contributed by atoms with Crippen LogP contribution >= 0.6 is 0 Å². The molecule has 2 amide bonds. The Kier molecular flexibility index (Phi) is 7.74. The number of morpholine rings is 1. The van der Waals surface area contributed by atoms with E-state index in [9.17, 15) is 18.4 Å². The maximum atomic E-state index is 14.5. The van der Waals surface area contributed by atoms with Crippen molar-refractivity contribution in [1.29, 1.82) is 0 Å². The minimum atomic E-state index is -0.436. The summed E-state index contributed by atoms with van der Waals surface area (Å²) in [5, 5.41) is 3.01. The quantitative estimate of drug-likeness (QED) is 0.655. The molecule has 34 heavy (non-hydrogen) atoms. The van der Waals surface area contributed by atoms with Crippen molar-refractivity contribution in [2.24, 2.45) is 0 Å². The van der Waals surface area contributed by atoms with Crippen LogP contribution in [0.25, 0.3) is 0 Å². The van der Waals surface area contributed by atoms with Crippen molar-refractivity contribution >= 4 is 17.5 Å². The van der Waals surface area contributed by atoms with Crippen molar-refractivity contribution in [2.45, 2.75) is 13.0 Å². The number of Topliss-reactive ketones (excluding diaryl/α,β-unsaturated/α-hetero) is 1. The highest BCUT2D eigenvalue weighted by molar-refractivity contribution is 5.94. The third-order valence-electron chi connectivity index (χ3n) is 6.43. The molecule has 0 saturated carbocycles. The number of hydrogen-bond donors (Lipinski definition) is 1. The average Bonchev–Trinajstić information content (AvgIpc) is 2.85. The molecule has 2 aromatic carbocycles. The molecule has 0 aromatic heterocycles. The van der Waals surface area contributed by atoms with E-state index in [-0.39, 0.29) is 23.7 Å². The molecular weight excluding hydrogens is 442 g/mol. The SMILES string of the molecule is CC(=O)c1ccc(N2CCN(C(=O)NCC(c3cccc(F)c3)N3CCOCC3)CC2)c(F)c1. The Hall–Kier alpha value is -3.04. The van der Waals surface area contributed by atoms with Gasteiger partial charge in [-0.1, -0.05) is 12.1 Å². The number of urea groups is 1. The van der Waals surface area contributed by atoms with Crippen LogP contribution in [0.3, 0.4) is 0 Å². The summed E-state index contributed by atoms with van der Waals surface area (Å²) in [5.41, 5.74) is 1.59. The first-order chi connectivity index (χ1) is 16.4. The number of anilines is 1. The van der Waals surface area contributed by atoms with Gasteiger partial charge >= 0.3 is 6.03 Å². The smallest absolute Gasteiger partial charge is 0.317 e. The number of nitrogens with one attached hydrogen (secondary N) is 1. The molecule has 1 atom stereocenters. The van der Waals surface area contributed by atoms with Gasteiger partial charge in [0.25, 0.3) is 0 Å². The molecule has 0 aliphatic carbocycles. The molecule has 9 heteroatoms. The highest BCUT2D eigenvalue weighted by Crippen LogP contribution is 2.24. The van der Waals surface area contributed by atoms with Crippen LogP contribution in [0, 0.1) is 11.6 Å². The Morgan fingerprint density at radius 3 is 2.38 bits per heavy atom. The lowest BCUT2D eigenvalue weighted by molar-refractivity contribution is 0.0164. The minimum absolute atomic E-state index is 0.154. The second kappa shape index (κ2) is 10.9. The van der Waals surface area contributed by atoms with Crippen molar-refractivity contribution in [2.75, 3.05) is 63.9 Å². The number of carbonyl (C=O) groups excluding carboxylic acids is 2. The molecule has 2 aliphatic rings. The fourth-order valence-corrected chi connectivity index (χ4v) is 4.49. The summed E-state index contributed by atoms with van der Waals surface area (Å²) in [6.45, 7) is 6.25. The topological polar surface area (TPSA) is 65.1 Å². The zero-order valence-electron chi connectivity index (χ0n) is 19.3. The number of carbonyl (C=O) groups is 2. The van der Waals surface area contributed by atoms with E-state index in [0.717, 1.165) is 5.56 Å². The summed E-state index contributed by atoms with van der Waals surface area (Å²) in [5.74, 6) is -0.920. The van der Waals surface area contributed by atoms with E-state index < -0.39 is 5.82 Å². The van der Waals surface area contributed by atoms with E-state index in [4.69, 9.17) is 4.74 Å². The van der Waals surface area contributed by atoms with Crippen LogP contribution in [-0.4, -0.2) is 80.6 Å². The molecule has 2 fully saturated rings. The zero-order valence-corrected chi connectivity index (χ0v) is 19.3. The molecule has 0 radical (unpaired) electrons. The Balaban J connectivity index is 1.35. The summed E-state index contributed by atoms with van der Waals surface area (Å²) in [6, 6.07) is 10.6. The van der Waals surface area contributed by atoms with Gasteiger partial charge in [-0.05, 0) is 42.8 Å². The van der Waals surface area contributed by atoms with Gasteiger partial charge in [-0.15, -0.1) is 0 Å². The normalized spacial score (nSPS) is 18.0. The number of hydrogen-bond acceptors (Lipinski definition) is 5. The third kappa shape index (κ3) is 5.71. The molecule has 1 N–H and O–H groups in total. The fraction of sp³-hybridized carbons (Fsp3) is 0.440. The summed E-state index contributed by atoms with van der Waals surface area (Å²) < 4.78 is 33.8. The second-order valence-corrected chi connectivity index (χ2v) is 8.60. The van der Waals surface area contributed by atoms with Crippen LogP contribution in [0.1, 0.15) is 28.9 Å². The second-order valence-electron chi connectivity index (χ2n) is 8.60. The molecule has 4 rings (SSSR count). The molecule has 0 bridgehead atoms. The lowest BCUT2D eigenvalue weighted by Gasteiger charge is -2.38. The zero-order chi connectivity index (χ0) is 24.1. The Morgan fingerprint density at radius 1 is 1.00 bits per heavy atom. The number of benzene rings is 2. The standard InChI is InChI=1S/C25H30F2N4O3/c1-18(32)19-5-6-23(22(27)16-19)29-7-9-31(10-8-29)25(33)28-17-24(30-11-13-34-14-12-30)20-3-2-4-21(26)15-20/h2-6,15-16,24H,7-14,17H2,1H3,(H,28,33). The number of piperazine rings is 1. The van der Waals surface area contributed by atoms with Crippen molar-refractivity contribution in [3.05, 3.63) is 65.2 Å². The van der Waals surface area contributed by atoms with Gasteiger partial charge in [0.15, 0.2) is 5.78 Å². The number of nitrogens with zero attached hydrogens (tertiary/aromatic N) is 3. The minimum Gasteiger partial charge on any atom is -0.379 e. The number of halogens is 2. The first-order valence-corrected chi connectivity index (χ1v) is 11.6.